The minimum absolute atomic E-state index is 0.826. The number of allylic oxidation sites excluding steroid dienone is 12. The molecular weight excluding hydrogens is 418 g/mol. The Balaban J connectivity index is 1.68. The maximum absolute atomic E-state index is 5.63. The summed E-state index contributed by atoms with van der Waals surface area (Å²) in [5.74, 6) is 1.65. The molecule has 5 rings (SSSR count). The highest BCUT2D eigenvalue weighted by Gasteiger charge is 2.32. The summed E-state index contributed by atoms with van der Waals surface area (Å²) in [4.78, 5) is 0. The minimum Gasteiger partial charge on any atom is -0.465 e. The first-order valence-corrected chi connectivity index (χ1v) is 11.5. The van der Waals surface area contributed by atoms with E-state index in [-0.39, 0.29) is 0 Å². The van der Waals surface area contributed by atoms with Crippen LogP contribution >= 0.6 is 0 Å². The summed E-state index contributed by atoms with van der Waals surface area (Å²) >= 11 is 0. The van der Waals surface area contributed by atoms with Crippen molar-refractivity contribution in [2.24, 2.45) is 0 Å². The molecule has 0 radical (unpaired) electrons. The minimum atomic E-state index is 0.826. The van der Waals surface area contributed by atoms with E-state index in [1.807, 2.05) is 48.6 Å². The molecule has 0 saturated heterocycles. The molecule has 34 heavy (non-hydrogen) atoms. The lowest BCUT2D eigenvalue weighted by Gasteiger charge is -2.09. The van der Waals surface area contributed by atoms with Crippen LogP contribution in [0.15, 0.2) is 157 Å². The van der Waals surface area contributed by atoms with Crippen LogP contribution in [0.25, 0.3) is 0 Å². The van der Waals surface area contributed by atoms with E-state index in [0.717, 1.165) is 35.7 Å². The van der Waals surface area contributed by atoms with E-state index >= 15 is 0 Å². The summed E-state index contributed by atoms with van der Waals surface area (Å²) in [7, 11) is 0. The van der Waals surface area contributed by atoms with Crippen molar-refractivity contribution in [3.8, 4) is 0 Å². The van der Waals surface area contributed by atoms with Crippen LogP contribution in [0.5, 0.6) is 0 Å². The van der Waals surface area contributed by atoms with Gasteiger partial charge in [-0.25, -0.2) is 0 Å². The third kappa shape index (κ3) is 5.00. The van der Waals surface area contributed by atoms with Crippen LogP contribution in [0.3, 0.4) is 0 Å². The Hall–Kier alpha value is -4.37. The number of hydrogen-bond acceptors (Lipinski definition) is 2. The first-order valence-electron chi connectivity index (χ1n) is 11.5. The predicted molar refractivity (Wildman–Crippen MR) is 140 cm³/mol. The molecule has 0 N–H and O–H groups in total. The van der Waals surface area contributed by atoms with Gasteiger partial charge < -0.3 is 9.47 Å². The molecule has 2 aromatic rings. The van der Waals surface area contributed by atoms with Crippen LogP contribution in [-0.2, 0) is 9.47 Å². The van der Waals surface area contributed by atoms with Gasteiger partial charge in [-0.1, -0.05) is 48.6 Å². The topological polar surface area (TPSA) is 21.5 Å². The predicted octanol–water partition coefficient (Wildman–Crippen LogP) is 7.58. The summed E-state index contributed by atoms with van der Waals surface area (Å²) in [5, 5.41) is 0. The molecule has 3 aliphatic rings. The second-order valence-corrected chi connectivity index (χ2v) is 7.99. The van der Waals surface area contributed by atoms with Gasteiger partial charge in [0.05, 0.1) is 12.5 Å². The molecule has 0 bridgehead atoms. The van der Waals surface area contributed by atoms with Crippen LogP contribution in [0.2, 0.25) is 0 Å². The number of para-hydroxylation sites is 2. The van der Waals surface area contributed by atoms with Crippen LogP contribution in [-0.4, -0.2) is 5.71 Å². The van der Waals surface area contributed by atoms with Crippen molar-refractivity contribution in [3.05, 3.63) is 157 Å². The average molecular weight is 445 g/mol. The standard InChI is InChI=1S/C31H26NO2/c1-3-11-27(12-4-1)32(28-13-5-2-6-14-28)31-25(19-21-29-15-7-9-23-33-29)17-18-26(31)20-22-30-16-8-10-24-34-30/h1-16,19-24H,17-18H2/q+1. The fourth-order valence-electron chi connectivity index (χ4n) is 4.15. The molecule has 1 aliphatic carbocycles. The van der Waals surface area contributed by atoms with Gasteiger partial charge in [0.2, 0.25) is 17.1 Å². The van der Waals surface area contributed by atoms with Crippen molar-refractivity contribution in [1.29, 1.82) is 0 Å². The summed E-state index contributed by atoms with van der Waals surface area (Å²) < 4.78 is 13.6. The quantitative estimate of drug-likeness (QED) is 0.453. The maximum Gasteiger partial charge on any atom is 0.218 e. The Morgan fingerprint density at radius 2 is 1.03 bits per heavy atom. The summed E-state index contributed by atoms with van der Waals surface area (Å²) in [6.45, 7) is 0. The highest BCUT2D eigenvalue weighted by Crippen LogP contribution is 2.33. The van der Waals surface area contributed by atoms with Gasteiger partial charge in [0.25, 0.3) is 0 Å². The van der Waals surface area contributed by atoms with Gasteiger partial charge in [-0.15, -0.1) is 0 Å². The number of benzene rings is 2. The molecular formula is C31H26NO2+. The Labute approximate surface area is 200 Å². The molecule has 1 saturated carbocycles. The van der Waals surface area contributed by atoms with Gasteiger partial charge in [0, 0.05) is 35.4 Å². The van der Waals surface area contributed by atoms with E-state index < -0.39 is 0 Å². The number of hydrogen-bond donors (Lipinski definition) is 0. The van der Waals surface area contributed by atoms with Crippen molar-refractivity contribution in [2.45, 2.75) is 12.8 Å². The van der Waals surface area contributed by atoms with Crippen molar-refractivity contribution < 1.29 is 9.47 Å². The molecule has 0 spiro atoms. The van der Waals surface area contributed by atoms with Crippen molar-refractivity contribution >= 4 is 17.1 Å². The lowest BCUT2D eigenvalue weighted by molar-refractivity contribution is 0.364. The average Bonchev–Trinajstić information content (AvgIpc) is 3.31. The Morgan fingerprint density at radius 1 is 0.559 bits per heavy atom. The third-order valence-electron chi connectivity index (χ3n) is 5.73. The highest BCUT2D eigenvalue weighted by molar-refractivity contribution is 6.17. The van der Waals surface area contributed by atoms with Gasteiger partial charge in [-0.2, -0.15) is 4.58 Å². The van der Waals surface area contributed by atoms with Crippen LogP contribution in [0.4, 0.5) is 11.4 Å². The Morgan fingerprint density at radius 3 is 1.44 bits per heavy atom. The summed E-state index contributed by atoms with van der Waals surface area (Å²) in [5.41, 5.74) is 5.96. The molecule has 3 heteroatoms. The molecule has 0 unspecified atom stereocenters. The Bertz CT molecular complexity index is 1210. The van der Waals surface area contributed by atoms with Crippen LogP contribution in [0.1, 0.15) is 12.8 Å². The first kappa shape index (κ1) is 21.5. The zero-order valence-corrected chi connectivity index (χ0v) is 18.9. The first-order chi connectivity index (χ1) is 16.9. The summed E-state index contributed by atoms with van der Waals surface area (Å²) in [6.07, 6.45) is 25.4. The number of ether oxygens (including phenoxy) is 2. The van der Waals surface area contributed by atoms with Crippen LogP contribution < -0.4 is 4.58 Å². The van der Waals surface area contributed by atoms with Gasteiger partial charge >= 0.3 is 0 Å². The second kappa shape index (κ2) is 10.5. The molecule has 1 fully saturated rings. The Kier molecular flexibility index (Phi) is 6.63. The molecule has 166 valence electrons. The molecule has 2 aromatic carbocycles. The molecule has 2 heterocycles. The van der Waals surface area contributed by atoms with E-state index in [1.54, 1.807) is 12.5 Å². The van der Waals surface area contributed by atoms with E-state index in [4.69, 9.17) is 9.47 Å². The molecule has 0 atom stereocenters. The number of nitrogens with zero attached hydrogens (tertiary/aromatic N) is 1. The summed E-state index contributed by atoms with van der Waals surface area (Å²) in [6, 6.07) is 21.0. The molecule has 3 nitrogen and oxygen atoms in total. The van der Waals surface area contributed by atoms with E-state index in [0.29, 0.717) is 0 Å². The zero-order chi connectivity index (χ0) is 23.0. The zero-order valence-electron chi connectivity index (χ0n) is 18.9. The van der Waals surface area contributed by atoms with Crippen LogP contribution in [0, 0.1) is 0 Å². The highest BCUT2D eigenvalue weighted by atomic mass is 16.5. The SMILES string of the molecule is C1=COC(=CC=C2CCC(=CC=C3C=CC=CO3)C2=[N+](c2ccccc2)c2ccccc2)C=C1. The number of rotatable bonds is 4. The van der Waals surface area contributed by atoms with Gasteiger partial charge in [-0.3, -0.25) is 0 Å². The molecule has 2 aliphatic heterocycles. The lowest BCUT2D eigenvalue weighted by Crippen LogP contribution is -2.17. The smallest absolute Gasteiger partial charge is 0.218 e. The van der Waals surface area contributed by atoms with E-state index in [9.17, 15) is 0 Å². The maximum atomic E-state index is 5.63. The fourth-order valence-corrected chi connectivity index (χ4v) is 4.15. The van der Waals surface area contributed by atoms with Gasteiger partial charge in [0.1, 0.15) is 11.5 Å². The molecule has 0 aromatic heterocycles. The fraction of sp³-hybridized carbons (Fsp3) is 0.0645. The van der Waals surface area contributed by atoms with Crippen molar-refractivity contribution in [2.75, 3.05) is 0 Å². The monoisotopic (exact) mass is 444 g/mol. The normalized spacial score (nSPS) is 21.5. The van der Waals surface area contributed by atoms with Gasteiger partial charge in [-0.05, 0) is 61.4 Å². The van der Waals surface area contributed by atoms with E-state index in [1.165, 1.54) is 16.9 Å². The van der Waals surface area contributed by atoms with Crippen molar-refractivity contribution in [1.82, 2.24) is 4.58 Å². The largest absolute Gasteiger partial charge is 0.465 e. The molecule has 0 amide bonds. The van der Waals surface area contributed by atoms with Gasteiger partial charge in [0.15, 0.2) is 0 Å². The van der Waals surface area contributed by atoms with E-state index in [2.05, 4.69) is 77.4 Å². The second-order valence-electron chi connectivity index (χ2n) is 7.99. The van der Waals surface area contributed by atoms with Crippen molar-refractivity contribution in [3.63, 3.8) is 0 Å². The third-order valence-corrected chi connectivity index (χ3v) is 5.73. The lowest BCUT2D eigenvalue weighted by atomic mass is 10.1.